The van der Waals surface area contributed by atoms with Crippen LogP contribution in [0.1, 0.15) is 24.0 Å². The molecule has 1 aromatic heterocycles. The lowest BCUT2D eigenvalue weighted by molar-refractivity contribution is -0.384. The molecule has 0 aliphatic heterocycles. The van der Waals surface area contributed by atoms with Gasteiger partial charge in [0.1, 0.15) is 0 Å². The first-order chi connectivity index (χ1) is 14.5. The zero-order chi connectivity index (χ0) is 21.3. The smallest absolute Gasteiger partial charge is 0.269 e. The van der Waals surface area contributed by atoms with E-state index in [1.807, 2.05) is 29.1 Å². The summed E-state index contributed by atoms with van der Waals surface area (Å²) in [6, 6.07) is 16.4. The molecule has 0 fully saturated rings. The number of rotatable bonds is 10. The van der Waals surface area contributed by atoms with Crippen molar-refractivity contribution < 1.29 is 9.72 Å². The van der Waals surface area contributed by atoms with E-state index in [1.165, 1.54) is 17.7 Å². The minimum Gasteiger partial charge on any atom is -0.385 e. The monoisotopic (exact) mass is 407 g/mol. The molecule has 0 aliphatic carbocycles. The molecule has 0 aliphatic rings. The molecule has 1 heterocycles. The summed E-state index contributed by atoms with van der Waals surface area (Å²) >= 11 is 0. The van der Waals surface area contributed by atoms with Crippen LogP contribution in [0.25, 0.3) is 0 Å². The van der Waals surface area contributed by atoms with E-state index in [1.54, 1.807) is 30.3 Å². The fourth-order valence-corrected chi connectivity index (χ4v) is 3.07. The Morgan fingerprint density at radius 3 is 2.57 bits per heavy atom. The average Bonchev–Trinajstić information content (AvgIpc) is 3.18. The van der Waals surface area contributed by atoms with E-state index in [2.05, 4.69) is 22.5 Å². The highest BCUT2D eigenvalue weighted by atomic mass is 16.6. The van der Waals surface area contributed by atoms with Gasteiger partial charge < -0.3 is 10.2 Å². The number of carbonyl (C=O) groups is 1. The Morgan fingerprint density at radius 2 is 1.87 bits per heavy atom. The molecule has 2 aromatic carbocycles. The van der Waals surface area contributed by atoms with Crippen LogP contribution in [0.3, 0.4) is 0 Å². The van der Waals surface area contributed by atoms with E-state index in [0.29, 0.717) is 32.5 Å². The number of anilines is 1. The second-order valence-electron chi connectivity index (χ2n) is 7.12. The highest BCUT2D eigenvalue weighted by Crippen LogP contribution is 2.15. The van der Waals surface area contributed by atoms with Gasteiger partial charge in [-0.1, -0.05) is 30.3 Å². The van der Waals surface area contributed by atoms with Gasteiger partial charge >= 0.3 is 0 Å². The number of carbonyl (C=O) groups excluding carboxylic acids is 1. The van der Waals surface area contributed by atoms with Gasteiger partial charge in [-0.3, -0.25) is 19.6 Å². The van der Waals surface area contributed by atoms with Crippen LogP contribution in [0.15, 0.2) is 67.0 Å². The Morgan fingerprint density at radius 1 is 1.13 bits per heavy atom. The molecule has 8 heteroatoms. The standard InChI is InChI=1S/C22H25N5O3/c1-25(15-19-14-24-26(17-19)16-18-6-3-2-4-7-18)22(28)8-5-13-23-20-9-11-21(12-10-20)27(29)30/h2-4,6-7,9-12,14,17,23H,5,8,13,15-16H2,1H3. The van der Waals surface area contributed by atoms with Gasteiger partial charge in [-0.25, -0.2) is 0 Å². The van der Waals surface area contributed by atoms with E-state index < -0.39 is 4.92 Å². The number of hydrogen-bond donors (Lipinski definition) is 1. The summed E-state index contributed by atoms with van der Waals surface area (Å²) < 4.78 is 1.87. The third-order valence-electron chi connectivity index (χ3n) is 4.69. The summed E-state index contributed by atoms with van der Waals surface area (Å²) in [7, 11) is 1.79. The Labute approximate surface area is 175 Å². The first-order valence-electron chi connectivity index (χ1n) is 9.79. The van der Waals surface area contributed by atoms with Gasteiger partial charge in [-0.15, -0.1) is 0 Å². The lowest BCUT2D eigenvalue weighted by Crippen LogP contribution is -2.26. The average molecular weight is 407 g/mol. The summed E-state index contributed by atoms with van der Waals surface area (Å²) in [5.41, 5.74) is 3.03. The minimum atomic E-state index is -0.427. The number of aromatic nitrogens is 2. The number of nitro benzene ring substituents is 1. The van der Waals surface area contributed by atoms with Crippen LogP contribution in [0.5, 0.6) is 0 Å². The molecule has 156 valence electrons. The Bertz CT molecular complexity index is 970. The highest BCUT2D eigenvalue weighted by Gasteiger charge is 2.11. The molecule has 0 unspecified atom stereocenters. The summed E-state index contributed by atoms with van der Waals surface area (Å²) in [6.45, 7) is 1.84. The summed E-state index contributed by atoms with van der Waals surface area (Å²) in [6.07, 6.45) is 4.86. The second-order valence-corrected chi connectivity index (χ2v) is 7.12. The molecule has 0 spiro atoms. The predicted octanol–water partition coefficient (Wildman–Crippen LogP) is 3.69. The van der Waals surface area contributed by atoms with Crippen molar-refractivity contribution in [3.8, 4) is 0 Å². The number of amides is 1. The van der Waals surface area contributed by atoms with Gasteiger partial charge in [-0.05, 0) is 24.1 Å². The zero-order valence-electron chi connectivity index (χ0n) is 16.9. The fraction of sp³-hybridized carbons (Fsp3) is 0.273. The molecule has 0 atom stereocenters. The number of nitrogens with one attached hydrogen (secondary N) is 1. The molecular formula is C22H25N5O3. The predicted molar refractivity (Wildman–Crippen MR) is 115 cm³/mol. The number of benzene rings is 2. The maximum absolute atomic E-state index is 12.4. The maximum Gasteiger partial charge on any atom is 0.269 e. The quantitative estimate of drug-likeness (QED) is 0.314. The molecule has 0 bridgehead atoms. The first kappa shape index (κ1) is 21.0. The lowest BCUT2D eigenvalue weighted by atomic mass is 10.2. The van der Waals surface area contributed by atoms with E-state index >= 15 is 0 Å². The van der Waals surface area contributed by atoms with Gasteiger partial charge in [0.15, 0.2) is 0 Å². The lowest BCUT2D eigenvalue weighted by Gasteiger charge is -2.16. The zero-order valence-corrected chi connectivity index (χ0v) is 16.9. The number of nitrogens with zero attached hydrogens (tertiary/aromatic N) is 4. The molecule has 30 heavy (non-hydrogen) atoms. The van der Waals surface area contributed by atoms with E-state index in [0.717, 1.165) is 11.3 Å². The molecule has 0 radical (unpaired) electrons. The van der Waals surface area contributed by atoms with Gasteiger partial charge in [0, 0.05) is 56.1 Å². The Hall–Kier alpha value is -3.68. The minimum absolute atomic E-state index is 0.0597. The summed E-state index contributed by atoms with van der Waals surface area (Å²) in [5, 5.41) is 18.2. The van der Waals surface area contributed by atoms with Crippen molar-refractivity contribution in [1.82, 2.24) is 14.7 Å². The largest absolute Gasteiger partial charge is 0.385 e. The molecule has 0 saturated carbocycles. The van der Waals surface area contributed by atoms with Crippen LogP contribution < -0.4 is 5.32 Å². The van der Waals surface area contributed by atoms with Gasteiger partial charge in [0.2, 0.25) is 5.91 Å². The van der Waals surface area contributed by atoms with Crippen LogP contribution in [-0.4, -0.2) is 39.1 Å². The van der Waals surface area contributed by atoms with Crippen LogP contribution in [-0.2, 0) is 17.9 Å². The number of non-ortho nitro benzene ring substituents is 1. The SMILES string of the molecule is CN(Cc1cnn(Cc2ccccc2)c1)C(=O)CCCNc1ccc([N+](=O)[O-])cc1. The van der Waals surface area contributed by atoms with Crippen LogP contribution in [0, 0.1) is 10.1 Å². The van der Waals surface area contributed by atoms with Crippen LogP contribution in [0.4, 0.5) is 11.4 Å². The molecular weight excluding hydrogens is 382 g/mol. The molecule has 1 amide bonds. The van der Waals surface area contributed by atoms with Crippen LogP contribution in [0.2, 0.25) is 0 Å². The number of hydrogen-bond acceptors (Lipinski definition) is 5. The first-order valence-corrected chi connectivity index (χ1v) is 9.79. The van der Waals surface area contributed by atoms with Crippen molar-refractivity contribution in [3.63, 3.8) is 0 Å². The van der Waals surface area contributed by atoms with Crippen molar-refractivity contribution in [2.75, 3.05) is 18.9 Å². The summed E-state index contributed by atoms with van der Waals surface area (Å²) in [5.74, 6) is 0.0660. The fourth-order valence-electron chi connectivity index (χ4n) is 3.07. The Balaban J connectivity index is 1.39. The van der Waals surface area contributed by atoms with E-state index in [-0.39, 0.29) is 11.6 Å². The third-order valence-corrected chi connectivity index (χ3v) is 4.69. The maximum atomic E-state index is 12.4. The highest BCUT2D eigenvalue weighted by molar-refractivity contribution is 5.75. The molecule has 0 saturated heterocycles. The van der Waals surface area contributed by atoms with Crippen molar-refractivity contribution in [2.45, 2.75) is 25.9 Å². The Kier molecular flexibility index (Phi) is 7.15. The molecule has 3 aromatic rings. The normalized spacial score (nSPS) is 10.6. The van der Waals surface area contributed by atoms with Crippen molar-refractivity contribution in [1.29, 1.82) is 0 Å². The van der Waals surface area contributed by atoms with Gasteiger partial charge in [0.25, 0.3) is 5.69 Å². The van der Waals surface area contributed by atoms with Crippen molar-refractivity contribution in [2.24, 2.45) is 0 Å². The van der Waals surface area contributed by atoms with Crippen molar-refractivity contribution >= 4 is 17.3 Å². The molecule has 1 N–H and O–H groups in total. The number of nitro groups is 1. The second kappa shape index (κ2) is 10.2. The molecule has 3 rings (SSSR count). The topological polar surface area (TPSA) is 93.3 Å². The van der Waals surface area contributed by atoms with E-state index in [4.69, 9.17) is 0 Å². The van der Waals surface area contributed by atoms with Crippen LogP contribution >= 0.6 is 0 Å². The molecule has 8 nitrogen and oxygen atoms in total. The van der Waals surface area contributed by atoms with Crippen molar-refractivity contribution in [3.05, 3.63) is 88.2 Å². The van der Waals surface area contributed by atoms with E-state index in [9.17, 15) is 14.9 Å². The summed E-state index contributed by atoms with van der Waals surface area (Å²) in [4.78, 5) is 24.3. The third kappa shape index (κ3) is 6.16. The van der Waals surface area contributed by atoms with Gasteiger partial charge in [0.05, 0.1) is 17.7 Å². The van der Waals surface area contributed by atoms with Gasteiger partial charge in [-0.2, -0.15) is 5.10 Å².